The van der Waals surface area contributed by atoms with Crippen LogP contribution < -0.4 is 9.47 Å². The maximum absolute atomic E-state index is 12.8. The maximum Gasteiger partial charge on any atom is 0.310 e. The van der Waals surface area contributed by atoms with Crippen LogP contribution in [0.3, 0.4) is 0 Å². The number of fused-ring (bicyclic) bond motifs is 3. The van der Waals surface area contributed by atoms with Crippen LogP contribution in [0.25, 0.3) is 0 Å². The van der Waals surface area contributed by atoms with Gasteiger partial charge >= 0.3 is 5.97 Å². The number of carbonyl (C=O) groups is 1. The summed E-state index contributed by atoms with van der Waals surface area (Å²) in [5.74, 6) is 0.923. The normalized spacial score (nSPS) is 31.7. The molecule has 30 heavy (non-hydrogen) atoms. The largest absolute Gasteiger partial charge is 0.494 e. The second-order valence-electron chi connectivity index (χ2n) is 7.86. The van der Waals surface area contributed by atoms with Gasteiger partial charge in [0, 0.05) is 25.4 Å². The highest BCUT2D eigenvalue weighted by Gasteiger charge is 2.53. The van der Waals surface area contributed by atoms with Gasteiger partial charge in [0.1, 0.15) is 6.10 Å². The molecule has 0 radical (unpaired) electrons. The molecule has 1 unspecified atom stereocenters. The van der Waals surface area contributed by atoms with Crippen LogP contribution in [0.1, 0.15) is 29.6 Å². The minimum atomic E-state index is -0.823. The first-order chi connectivity index (χ1) is 14.6. The molecule has 0 saturated carbocycles. The molecular formula is C22H24O8. The molecule has 5 atom stereocenters. The minimum absolute atomic E-state index is 0.135. The first-order valence-corrected chi connectivity index (χ1v) is 9.90. The van der Waals surface area contributed by atoms with Gasteiger partial charge in [0.25, 0.3) is 0 Å². The molecule has 5 rings (SSSR count). The van der Waals surface area contributed by atoms with Crippen molar-refractivity contribution in [3.63, 3.8) is 0 Å². The molecule has 2 aliphatic heterocycles. The molecule has 1 saturated heterocycles. The third-order valence-electron chi connectivity index (χ3n) is 6.54. The van der Waals surface area contributed by atoms with Crippen LogP contribution in [0.5, 0.6) is 11.5 Å². The Balaban J connectivity index is 1.68. The van der Waals surface area contributed by atoms with Gasteiger partial charge in [-0.3, -0.25) is 4.79 Å². The molecule has 8 nitrogen and oxygen atoms in total. The summed E-state index contributed by atoms with van der Waals surface area (Å²) in [6.07, 6.45) is 1.27. The quantitative estimate of drug-likeness (QED) is 0.747. The van der Waals surface area contributed by atoms with Crippen molar-refractivity contribution in [2.24, 2.45) is 11.8 Å². The van der Waals surface area contributed by atoms with Crippen molar-refractivity contribution in [1.82, 2.24) is 0 Å². The van der Waals surface area contributed by atoms with Crippen molar-refractivity contribution in [1.29, 1.82) is 0 Å². The van der Waals surface area contributed by atoms with E-state index in [1.807, 2.05) is 18.2 Å². The number of cyclic esters (lactones) is 1. The molecule has 0 bridgehead atoms. The van der Waals surface area contributed by atoms with Gasteiger partial charge in [-0.05, 0) is 29.3 Å². The fourth-order valence-electron chi connectivity index (χ4n) is 5.14. The van der Waals surface area contributed by atoms with Crippen LogP contribution >= 0.6 is 0 Å². The average Bonchev–Trinajstić information content (AvgIpc) is 3.38. The summed E-state index contributed by atoms with van der Waals surface area (Å²) in [7, 11) is 4.77. The molecule has 0 amide bonds. The standard InChI is InChI=1S/C22H24O8/c1-25-16-4-10(5-17(26-2)21(16)27-3)18-11-6-14-15(30-9-29-14)7-12(11)20(23)13-8-28-22(24)19(13)18/h4,6-7,13,17-20,23H,5,8-9H2,1-3H3/t13-,17?,18-,19+,20+/m1/s1. The first-order valence-electron chi connectivity index (χ1n) is 9.90. The minimum Gasteiger partial charge on any atom is -0.494 e. The van der Waals surface area contributed by atoms with E-state index in [2.05, 4.69) is 0 Å². The second-order valence-corrected chi connectivity index (χ2v) is 7.86. The highest BCUT2D eigenvalue weighted by atomic mass is 16.7. The Morgan fingerprint density at radius 2 is 1.77 bits per heavy atom. The molecule has 1 fully saturated rings. The van der Waals surface area contributed by atoms with E-state index >= 15 is 0 Å². The molecule has 160 valence electrons. The lowest BCUT2D eigenvalue weighted by atomic mass is 9.64. The summed E-state index contributed by atoms with van der Waals surface area (Å²) in [4.78, 5) is 12.8. The Kier molecular flexibility index (Phi) is 4.63. The Hall–Kier alpha value is -2.71. The molecule has 8 heteroatoms. The average molecular weight is 416 g/mol. The molecule has 4 aliphatic rings. The lowest BCUT2D eigenvalue weighted by Gasteiger charge is -2.39. The lowest BCUT2D eigenvalue weighted by molar-refractivity contribution is -0.141. The Morgan fingerprint density at radius 3 is 2.43 bits per heavy atom. The van der Waals surface area contributed by atoms with E-state index in [-0.39, 0.29) is 37.3 Å². The summed E-state index contributed by atoms with van der Waals surface area (Å²) in [6.45, 7) is 0.322. The van der Waals surface area contributed by atoms with E-state index in [1.165, 1.54) is 0 Å². The van der Waals surface area contributed by atoms with Gasteiger partial charge in [0.15, 0.2) is 23.0 Å². The van der Waals surface area contributed by atoms with Crippen molar-refractivity contribution >= 4 is 5.97 Å². The van der Waals surface area contributed by atoms with Gasteiger partial charge in [0.05, 0.1) is 32.8 Å². The molecule has 1 aromatic carbocycles. The van der Waals surface area contributed by atoms with Crippen molar-refractivity contribution in [3.05, 3.63) is 46.4 Å². The fourth-order valence-corrected chi connectivity index (χ4v) is 5.14. The number of benzene rings is 1. The van der Waals surface area contributed by atoms with Crippen molar-refractivity contribution < 1.29 is 38.3 Å². The molecule has 2 aliphatic carbocycles. The van der Waals surface area contributed by atoms with Gasteiger partial charge in [-0.1, -0.05) is 5.57 Å². The van der Waals surface area contributed by atoms with Crippen molar-refractivity contribution in [2.45, 2.75) is 24.5 Å². The summed E-state index contributed by atoms with van der Waals surface area (Å²) >= 11 is 0. The van der Waals surface area contributed by atoms with E-state index in [1.54, 1.807) is 21.3 Å². The maximum atomic E-state index is 12.8. The number of carbonyl (C=O) groups excluding carboxylic acids is 1. The van der Waals surface area contributed by atoms with E-state index < -0.39 is 12.0 Å². The van der Waals surface area contributed by atoms with Gasteiger partial charge < -0.3 is 33.5 Å². The zero-order valence-corrected chi connectivity index (χ0v) is 17.0. The summed E-state index contributed by atoms with van der Waals surface area (Å²) in [5, 5.41) is 11.0. The van der Waals surface area contributed by atoms with Crippen molar-refractivity contribution in [2.75, 3.05) is 34.7 Å². The summed E-state index contributed by atoms with van der Waals surface area (Å²) < 4.78 is 33.2. The third-order valence-corrected chi connectivity index (χ3v) is 6.54. The highest BCUT2D eigenvalue weighted by Crippen LogP contribution is 2.55. The predicted octanol–water partition coefficient (Wildman–Crippen LogP) is 2.18. The molecule has 1 N–H and O–H groups in total. The number of ether oxygens (including phenoxy) is 6. The molecule has 2 heterocycles. The van der Waals surface area contributed by atoms with Crippen LogP contribution in [0.15, 0.2) is 35.3 Å². The Bertz CT molecular complexity index is 949. The number of allylic oxidation sites excluding steroid dienone is 1. The monoisotopic (exact) mass is 416 g/mol. The number of aliphatic hydroxyl groups is 1. The zero-order chi connectivity index (χ0) is 21.0. The lowest BCUT2D eigenvalue weighted by Crippen LogP contribution is -2.36. The van der Waals surface area contributed by atoms with Crippen molar-refractivity contribution in [3.8, 4) is 11.5 Å². The van der Waals surface area contributed by atoms with Gasteiger partial charge in [-0.25, -0.2) is 0 Å². The van der Waals surface area contributed by atoms with Crippen LogP contribution in [-0.2, 0) is 23.7 Å². The SMILES string of the molecule is COC1=C(OC)C(OC)CC([C@@H]2c3cc4c(cc3[C@H](O)[C@@H]3COC(=O)[C@@H]32)OCO4)=C1. The van der Waals surface area contributed by atoms with Crippen LogP contribution in [-0.4, -0.2) is 51.9 Å². The fraction of sp³-hybridized carbons (Fsp3) is 0.500. The highest BCUT2D eigenvalue weighted by molar-refractivity contribution is 5.78. The third kappa shape index (κ3) is 2.70. The number of aliphatic hydroxyl groups excluding tert-OH is 1. The number of methoxy groups -OCH3 is 3. The van der Waals surface area contributed by atoms with Gasteiger partial charge in [0.2, 0.25) is 6.79 Å². The summed E-state index contributed by atoms with van der Waals surface area (Å²) in [6, 6.07) is 3.69. The molecule has 0 spiro atoms. The van der Waals surface area contributed by atoms with Gasteiger partial charge in [-0.15, -0.1) is 0 Å². The van der Waals surface area contributed by atoms with Gasteiger partial charge in [-0.2, -0.15) is 0 Å². The van der Waals surface area contributed by atoms with E-state index in [9.17, 15) is 9.90 Å². The smallest absolute Gasteiger partial charge is 0.310 e. The van der Waals surface area contributed by atoms with Crippen LogP contribution in [0.4, 0.5) is 0 Å². The van der Waals surface area contributed by atoms with Crippen LogP contribution in [0.2, 0.25) is 0 Å². The molecule has 0 aromatic heterocycles. The van der Waals surface area contributed by atoms with E-state index in [0.717, 1.165) is 16.7 Å². The number of hydrogen-bond acceptors (Lipinski definition) is 8. The Labute approximate surface area is 174 Å². The number of rotatable bonds is 4. The van der Waals surface area contributed by atoms with E-state index in [4.69, 9.17) is 28.4 Å². The Morgan fingerprint density at radius 1 is 1.03 bits per heavy atom. The molecule has 1 aromatic rings. The zero-order valence-electron chi connectivity index (χ0n) is 17.0. The predicted molar refractivity (Wildman–Crippen MR) is 103 cm³/mol. The number of hydrogen-bond donors (Lipinski definition) is 1. The second kappa shape index (κ2) is 7.21. The summed E-state index contributed by atoms with van der Waals surface area (Å²) in [5.41, 5.74) is 2.53. The molecular weight excluding hydrogens is 392 g/mol. The topological polar surface area (TPSA) is 92.7 Å². The van der Waals surface area contributed by atoms with E-state index in [0.29, 0.717) is 29.4 Å². The first kappa shape index (κ1) is 19.3. The number of esters is 1. The van der Waals surface area contributed by atoms with Crippen LogP contribution in [0, 0.1) is 11.8 Å².